The summed E-state index contributed by atoms with van der Waals surface area (Å²) in [5.41, 5.74) is 1.50. The Morgan fingerprint density at radius 3 is 2.24 bits per heavy atom. The molecule has 25 heavy (non-hydrogen) atoms. The van der Waals surface area contributed by atoms with Gasteiger partial charge in [-0.1, -0.05) is 23.2 Å². The molecule has 0 atom stereocenters. The number of imidazole rings is 1. The van der Waals surface area contributed by atoms with Crippen molar-refractivity contribution in [3.05, 3.63) is 87.4 Å². The minimum atomic E-state index is -0.587. The average Bonchev–Trinajstić information content (AvgIpc) is 2.92. The molecule has 0 saturated carbocycles. The number of aromatic nitrogens is 2. The summed E-state index contributed by atoms with van der Waals surface area (Å²) in [5.74, 6) is -0.375. The third-order valence-electron chi connectivity index (χ3n) is 3.61. The van der Waals surface area contributed by atoms with Gasteiger partial charge in [0.15, 0.2) is 0 Å². The van der Waals surface area contributed by atoms with Gasteiger partial charge >= 0.3 is 0 Å². The Bertz CT molecular complexity index is 840. The number of nitrogens with zero attached hydrogens (tertiary/aromatic N) is 2. The van der Waals surface area contributed by atoms with Crippen molar-refractivity contribution in [2.45, 2.75) is 19.6 Å². The molecular formula is C18H15Cl2F2N3. The predicted molar refractivity (Wildman–Crippen MR) is 94.7 cm³/mol. The highest BCUT2D eigenvalue weighted by Crippen LogP contribution is 2.20. The first-order valence-electron chi connectivity index (χ1n) is 7.60. The molecule has 0 fully saturated rings. The van der Waals surface area contributed by atoms with Crippen LogP contribution < -0.4 is 5.32 Å². The Kier molecular flexibility index (Phi) is 5.68. The molecule has 1 heterocycles. The van der Waals surface area contributed by atoms with Crippen LogP contribution in [0, 0.1) is 11.6 Å². The topological polar surface area (TPSA) is 29.9 Å². The molecule has 0 aliphatic heterocycles. The lowest BCUT2D eigenvalue weighted by Gasteiger charge is -2.10. The molecule has 0 aliphatic carbocycles. The van der Waals surface area contributed by atoms with Crippen molar-refractivity contribution in [2.75, 3.05) is 0 Å². The maximum Gasteiger partial charge on any atom is 0.126 e. The Balaban J connectivity index is 1.63. The minimum Gasteiger partial charge on any atom is -0.329 e. The molecule has 0 amide bonds. The summed E-state index contributed by atoms with van der Waals surface area (Å²) in [6.07, 6.45) is 3.55. The molecule has 0 aliphatic rings. The molecule has 1 N–H and O–H groups in total. The van der Waals surface area contributed by atoms with E-state index in [-0.39, 0.29) is 0 Å². The minimum absolute atomic E-state index is 0.338. The number of rotatable bonds is 6. The smallest absolute Gasteiger partial charge is 0.126 e. The molecule has 3 rings (SSSR count). The number of hydrogen-bond donors (Lipinski definition) is 1. The van der Waals surface area contributed by atoms with Gasteiger partial charge in [-0.3, -0.25) is 0 Å². The summed E-state index contributed by atoms with van der Waals surface area (Å²) >= 11 is 12.0. The normalized spacial score (nSPS) is 11.0. The van der Waals surface area contributed by atoms with Gasteiger partial charge in [0.25, 0.3) is 0 Å². The Hall–Kier alpha value is -1.95. The van der Waals surface area contributed by atoms with Gasteiger partial charge in [-0.2, -0.15) is 0 Å². The van der Waals surface area contributed by atoms with Crippen molar-refractivity contribution < 1.29 is 8.78 Å². The lowest BCUT2D eigenvalue weighted by Crippen LogP contribution is -2.17. The van der Waals surface area contributed by atoms with E-state index in [2.05, 4.69) is 10.3 Å². The zero-order valence-corrected chi connectivity index (χ0v) is 14.7. The van der Waals surface area contributed by atoms with Gasteiger partial charge in [-0.05, 0) is 41.5 Å². The quantitative estimate of drug-likeness (QED) is 0.664. The molecule has 0 spiro atoms. The van der Waals surface area contributed by atoms with Gasteiger partial charge in [0.1, 0.15) is 17.5 Å². The number of halogens is 4. The first kappa shape index (κ1) is 17.9. The molecule has 0 bridgehead atoms. The highest BCUT2D eigenvalue weighted by atomic mass is 35.5. The average molecular weight is 382 g/mol. The van der Waals surface area contributed by atoms with Crippen LogP contribution in [0.5, 0.6) is 0 Å². The second-order valence-corrected chi connectivity index (χ2v) is 6.50. The first-order chi connectivity index (χ1) is 12.0. The van der Waals surface area contributed by atoms with Crippen molar-refractivity contribution in [3.8, 4) is 0 Å². The molecule has 1 aromatic heterocycles. The molecule has 0 saturated heterocycles. The first-order valence-corrected chi connectivity index (χ1v) is 8.36. The summed E-state index contributed by atoms with van der Waals surface area (Å²) in [4.78, 5) is 4.31. The van der Waals surface area contributed by atoms with Crippen LogP contribution in [0.1, 0.15) is 17.0 Å². The van der Waals surface area contributed by atoms with E-state index in [1.165, 1.54) is 12.1 Å². The fraction of sp³-hybridized carbons (Fsp3) is 0.167. The van der Waals surface area contributed by atoms with Gasteiger partial charge < -0.3 is 9.88 Å². The fourth-order valence-corrected chi connectivity index (χ4v) is 3.15. The van der Waals surface area contributed by atoms with E-state index < -0.39 is 11.6 Å². The number of hydrogen-bond acceptors (Lipinski definition) is 2. The summed E-state index contributed by atoms with van der Waals surface area (Å²) in [5, 5.41) is 4.30. The van der Waals surface area contributed by atoms with Crippen LogP contribution in [0.4, 0.5) is 8.78 Å². The van der Waals surface area contributed by atoms with Crippen LogP contribution in [0.25, 0.3) is 0 Å². The largest absolute Gasteiger partial charge is 0.329 e. The summed E-state index contributed by atoms with van der Waals surface area (Å²) < 4.78 is 28.3. The van der Waals surface area contributed by atoms with E-state index >= 15 is 0 Å². The van der Waals surface area contributed by atoms with Crippen LogP contribution in [0.3, 0.4) is 0 Å². The van der Waals surface area contributed by atoms with Crippen LogP contribution in [0.2, 0.25) is 10.0 Å². The van der Waals surface area contributed by atoms with Crippen molar-refractivity contribution in [1.82, 2.24) is 14.9 Å². The Morgan fingerprint density at radius 2 is 1.56 bits per heavy atom. The van der Waals surface area contributed by atoms with E-state index in [0.29, 0.717) is 35.2 Å². The SMILES string of the molecule is Fc1cc(F)cc(CNCc2nccn2Cc2cc(Cl)cc(Cl)c2)c1. The maximum atomic E-state index is 13.2. The van der Waals surface area contributed by atoms with Gasteiger partial charge in [0, 0.05) is 41.6 Å². The zero-order valence-electron chi connectivity index (χ0n) is 13.1. The van der Waals surface area contributed by atoms with E-state index in [1.54, 1.807) is 12.3 Å². The molecule has 130 valence electrons. The van der Waals surface area contributed by atoms with Crippen LogP contribution in [0.15, 0.2) is 48.8 Å². The fourth-order valence-electron chi connectivity index (χ4n) is 2.58. The Labute approximate surface area is 154 Å². The molecule has 3 nitrogen and oxygen atoms in total. The highest BCUT2D eigenvalue weighted by molar-refractivity contribution is 6.34. The molecule has 3 aromatic rings. The third-order valence-corrected chi connectivity index (χ3v) is 4.05. The van der Waals surface area contributed by atoms with E-state index in [9.17, 15) is 8.78 Å². The summed E-state index contributed by atoms with van der Waals surface area (Å²) in [6.45, 7) is 1.37. The predicted octanol–water partition coefficient (Wildman–Crippen LogP) is 4.81. The third kappa shape index (κ3) is 5.01. The molecule has 0 radical (unpaired) electrons. The second kappa shape index (κ2) is 7.95. The van der Waals surface area contributed by atoms with Crippen molar-refractivity contribution in [3.63, 3.8) is 0 Å². The molecule has 7 heteroatoms. The lowest BCUT2D eigenvalue weighted by atomic mass is 10.2. The van der Waals surface area contributed by atoms with Gasteiger partial charge in [-0.15, -0.1) is 0 Å². The molecular weight excluding hydrogens is 367 g/mol. The lowest BCUT2D eigenvalue weighted by molar-refractivity contribution is 0.571. The standard InChI is InChI=1S/C18H15Cl2F2N3/c19-14-3-13(4-15(20)7-14)11-25-2-1-24-18(25)10-23-9-12-5-16(21)8-17(22)6-12/h1-8,23H,9-11H2. The number of benzene rings is 2. The van der Waals surface area contributed by atoms with Crippen LogP contribution in [-0.4, -0.2) is 9.55 Å². The summed E-state index contributed by atoms with van der Waals surface area (Å²) in [7, 11) is 0. The van der Waals surface area contributed by atoms with E-state index in [4.69, 9.17) is 23.2 Å². The van der Waals surface area contributed by atoms with Gasteiger partial charge in [0.05, 0.1) is 6.54 Å². The molecule has 0 unspecified atom stereocenters. The van der Waals surface area contributed by atoms with Gasteiger partial charge in [-0.25, -0.2) is 13.8 Å². The highest BCUT2D eigenvalue weighted by Gasteiger charge is 2.06. The van der Waals surface area contributed by atoms with Crippen molar-refractivity contribution >= 4 is 23.2 Å². The monoisotopic (exact) mass is 381 g/mol. The van der Waals surface area contributed by atoms with Crippen molar-refractivity contribution in [1.29, 1.82) is 0 Å². The molecule has 2 aromatic carbocycles. The zero-order chi connectivity index (χ0) is 17.8. The number of nitrogens with one attached hydrogen (secondary N) is 1. The van der Waals surface area contributed by atoms with Crippen LogP contribution >= 0.6 is 23.2 Å². The Morgan fingerprint density at radius 1 is 0.880 bits per heavy atom. The van der Waals surface area contributed by atoms with Gasteiger partial charge in [0.2, 0.25) is 0 Å². The van der Waals surface area contributed by atoms with E-state index in [0.717, 1.165) is 17.5 Å². The van der Waals surface area contributed by atoms with Crippen LogP contribution in [-0.2, 0) is 19.6 Å². The summed E-state index contributed by atoms with van der Waals surface area (Å²) in [6, 6.07) is 8.83. The maximum absolute atomic E-state index is 13.2. The van der Waals surface area contributed by atoms with E-state index in [1.807, 2.05) is 22.9 Å². The van der Waals surface area contributed by atoms with Crippen molar-refractivity contribution in [2.24, 2.45) is 0 Å². The second-order valence-electron chi connectivity index (χ2n) is 5.63.